The molecule has 1 heterocycles. The standard InChI is InChI=1S/C18H18N4O3S2/c1-24-17-14(11-20-18(21-17)25-2)12-6-5-7-13(10-12)26-22-15-8-3-4-9-16(15)27(19)23/h3-11,22H,19H2,1-2H3. The minimum Gasteiger partial charge on any atom is -0.480 e. The van der Waals surface area contributed by atoms with E-state index >= 15 is 0 Å². The van der Waals surface area contributed by atoms with Crippen molar-refractivity contribution in [3.05, 3.63) is 54.7 Å². The van der Waals surface area contributed by atoms with Crippen molar-refractivity contribution in [1.29, 1.82) is 0 Å². The lowest BCUT2D eigenvalue weighted by Crippen LogP contribution is -2.05. The summed E-state index contributed by atoms with van der Waals surface area (Å²) in [5.74, 6) is 0.431. The molecule has 2 aromatic carbocycles. The van der Waals surface area contributed by atoms with E-state index in [-0.39, 0.29) is 6.01 Å². The van der Waals surface area contributed by atoms with Crippen LogP contribution in [0.15, 0.2) is 64.5 Å². The second kappa shape index (κ2) is 8.85. The maximum absolute atomic E-state index is 11.6. The predicted octanol–water partition coefficient (Wildman–Crippen LogP) is 3.26. The van der Waals surface area contributed by atoms with Gasteiger partial charge in [-0.1, -0.05) is 24.3 Å². The third-order valence-electron chi connectivity index (χ3n) is 3.64. The van der Waals surface area contributed by atoms with Gasteiger partial charge >= 0.3 is 6.01 Å². The van der Waals surface area contributed by atoms with E-state index in [4.69, 9.17) is 14.6 Å². The van der Waals surface area contributed by atoms with Crippen molar-refractivity contribution in [1.82, 2.24) is 9.97 Å². The summed E-state index contributed by atoms with van der Waals surface area (Å²) in [5.41, 5.74) is 2.36. The lowest BCUT2D eigenvalue weighted by molar-refractivity contribution is 0.353. The zero-order valence-electron chi connectivity index (χ0n) is 14.7. The third kappa shape index (κ3) is 4.57. The number of aromatic nitrogens is 2. The number of hydrogen-bond donors (Lipinski definition) is 2. The van der Waals surface area contributed by atoms with Crippen LogP contribution < -0.4 is 19.3 Å². The van der Waals surface area contributed by atoms with Gasteiger partial charge in [0.2, 0.25) is 5.88 Å². The first kappa shape index (κ1) is 19.2. The van der Waals surface area contributed by atoms with Crippen LogP contribution >= 0.6 is 11.9 Å². The number of nitrogens with two attached hydrogens (primary N) is 1. The van der Waals surface area contributed by atoms with E-state index in [1.165, 1.54) is 19.1 Å². The van der Waals surface area contributed by atoms with Gasteiger partial charge in [-0.15, -0.1) is 0 Å². The Balaban J connectivity index is 1.84. The lowest BCUT2D eigenvalue weighted by atomic mass is 10.1. The molecule has 1 unspecified atom stereocenters. The van der Waals surface area contributed by atoms with Crippen LogP contribution in [0.25, 0.3) is 11.1 Å². The minimum atomic E-state index is -1.56. The highest BCUT2D eigenvalue weighted by atomic mass is 32.2. The molecule has 0 saturated carbocycles. The van der Waals surface area contributed by atoms with Gasteiger partial charge in [0.1, 0.15) is 11.0 Å². The molecule has 0 radical (unpaired) electrons. The van der Waals surface area contributed by atoms with Crippen LogP contribution in [0.2, 0.25) is 0 Å². The third-order valence-corrected chi connectivity index (χ3v) is 5.24. The molecule has 1 aromatic heterocycles. The molecular weight excluding hydrogens is 384 g/mol. The number of nitrogens with one attached hydrogen (secondary N) is 1. The Morgan fingerprint density at radius 3 is 2.67 bits per heavy atom. The molecule has 1 atom stereocenters. The number of methoxy groups -OCH3 is 2. The molecule has 0 aliphatic heterocycles. The van der Waals surface area contributed by atoms with Gasteiger partial charge in [0.25, 0.3) is 0 Å². The maximum Gasteiger partial charge on any atom is 0.319 e. The number of hydrogen-bond acceptors (Lipinski definition) is 7. The van der Waals surface area contributed by atoms with Crippen molar-refractivity contribution < 1.29 is 13.7 Å². The Morgan fingerprint density at radius 2 is 1.93 bits per heavy atom. The number of benzene rings is 2. The molecule has 9 heteroatoms. The predicted molar refractivity (Wildman–Crippen MR) is 107 cm³/mol. The molecule has 0 aliphatic carbocycles. The van der Waals surface area contributed by atoms with Crippen molar-refractivity contribution in [3.63, 3.8) is 0 Å². The van der Waals surface area contributed by atoms with Gasteiger partial charge < -0.3 is 14.2 Å². The van der Waals surface area contributed by atoms with Crippen molar-refractivity contribution in [2.75, 3.05) is 18.9 Å². The first-order valence-electron chi connectivity index (χ1n) is 7.86. The van der Waals surface area contributed by atoms with Crippen LogP contribution in [0.5, 0.6) is 11.9 Å². The quantitative estimate of drug-likeness (QED) is 0.585. The monoisotopic (exact) mass is 402 g/mol. The highest BCUT2D eigenvalue weighted by Gasteiger charge is 2.11. The summed E-state index contributed by atoms with van der Waals surface area (Å²) in [6.07, 6.45) is 1.66. The molecule has 3 N–H and O–H groups in total. The fourth-order valence-corrected chi connectivity index (χ4v) is 3.72. The Kier molecular flexibility index (Phi) is 6.28. The normalized spacial score (nSPS) is 11.7. The number of anilines is 1. The van der Waals surface area contributed by atoms with Gasteiger partial charge in [-0.05, 0) is 41.8 Å². The molecule has 0 amide bonds. The zero-order chi connectivity index (χ0) is 19.2. The van der Waals surface area contributed by atoms with Crippen molar-refractivity contribution in [2.45, 2.75) is 9.79 Å². The van der Waals surface area contributed by atoms with Gasteiger partial charge in [0.05, 0.1) is 30.4 Å². The Hall–Kier alpha value is -2.62. The smallest absolute Gasteiger partial charge is 0.319 e. The van der Waals surface area contributed by atoms with Crippen molar-refractivity contribution in [2.24, 2.45) is 5.14 Å². The average molecular weight is 403 g/mol. The van der Waals surface area contributed by atoms with Crippen molar-refractivity contribution >= 4 is 28.6 Å². The summed E-state index contributed by atoms with van der Waals surface area (Å²) in [5, 5.41) is 5.52. The molecule has 0 spiro atoms. The van der Waals surface area contributed by atoms with E-state index in [0.29, 0.717) is 16.5 Å². The Bertz CT molecular complexity index is 969. The first-order valence-corrected chi connectivity index (χ1v) is 9.89. The van der Waals surface area contributed by atoms with E-state index < -0.39 is 11.0 Å². The zero-order valence-corrected chi connectivity index (χ0v) is 16.3. The highest BCUT2D eigenvalue weighted by molar-refractivity contribution is 8.00. The molecule has 7 nitrogen and oxygen atoms in total. The first-order chi connectivity index (χ1) is 13.1. The number of para-hydroxylation sites is 1. The number of rotatable bonds is 7. The summed E-state index contributed by atoms with van der Waals surface area (Å²) < 4.78 is 25.2. The minimum absolute atomic E-state index is 0.245. The topological polar surface area (TPSA) is 99.4 Å². The van der Waals surface area contributed by atoms with Crippen LogP contribution in [0.1, 0.15) is 0 Å². The van der Waals surface area contributed by atoms with Gasteiger partial charge in [0.15, 0.2) is 0 Å². The molecule has 27 heavy (non-hydrogen) atoms. The maximum atomic E-state index is 11.6. The largest absolute Gasteiger partial charge is 0.480 e. The lowest BCUT2D eigenvalue weighted by Gasteiger charge is -2.11. The van der Waals surface area contributed by atoms with Gasteiger partial charge in [-0.25, -0.2) is 14.3 Å². The molecule has 3 aromatic rings. The van der Waals surface area contributed by atoms with Crippen LogP contribution in [0.3, 0.4) is 0 Å². The molecule has 0 fully saturated rings. The van der Waals surface area contributed by atoms with E-state index in [1.807, 2.05) is 36.4 Å². The summed E-state index contributed by atoms with van der Waals surface area (Å²) in [7, 11) is 1.49. The molecular formula is C18H18N4O3S2. The second-order valence-corrected chi connectivity index (χ2v) is 7.22. The molecule has 0 aliphatic rings. The average Bonchev–Trinajstić information content (AvgIpc) is 2.72. The summed E-state index contributed by atoms with van der Waals surface area (Å²) in [4.78, 5) is 9.86. The molecule has 3 rings (SSSR count). The second-order valence-electron chi connectivity index (χ2n) is 5.31. The molecule has 0 saturated heterocycles. The van der Waals surface area contributed by atoms with E-state index in [0.717, 1.165) is 16.0 Å². The summed E-state index contributed by atoms with van der Waals surface area (Å²) in [6.45, 7) is 0. The van der Waals surface area contributed by atoms with E-state index in [2.05, 4.69) is 14.7 Å². The molecule has 140 valence electrons. The summed E-state index contributed by atoms with van der Waals surface area (Å²) in [6, 6.07) is 15.3. The number of ether oxygens (including phenoxy) is 2. The van der Waals surface area contributed by atoms with Crippen LogP contribution in [0.4, 0.5) is 5.69 Å². The van der Waals surface area contributed by atoms with Crippen LogP contribution in [0, 0.1) is 0 Å². The van der Waals surface area contributed by atoms with Gasteiger partial charge in [0, 0.05) is 11.1 Å². The van der Waals surface area contributed by atoms with Gasteiger partial charge in [-0.2, -0.15) is 4.98 Å². The fourth-order valence-electron chi connectivity index (χ4n) is 2.37. The van der Waals surface area contributed by atoms with E-state index in [9.17, 15) is 4.21 Å². The van der Waals surface area contributed by atoms with Crippen LogP contribution in [-0.2, 0) is 11.0 Å². The SMILES string of the molecule is COc1ncc(-c2cccc(SNc3ccccc3S(N)=O)c2)c(OC)n1. The Labute approximate surface area is 164 Å². The molecule has 0 bridgehead atoms. The van der Waals surface area contributed by atoms with Crippen molar-refractivity contribution in [3.8, 4) is 23.0 Å². The van der Waals surface area contributed by atoms with Crippen LogP contribution in [-0.4, -0.2) is 28.4 Å². The fraction of sp³-hybridized carbons (Fsp3) is 0.111. The van der Waals surface area contributed by atoms with Gasteiger partial charge in [-0.3, -0.25) is 0 Å². The van der Waals surface area contributed by atoms with E-state index in [1.54, 1.807) is 25.4 Å². The summed E-state index contributed by atoms with van der Waals surface area (Å²) >= 11 is 1.39. The highest BCUT2D eigenvalue weighted by Crippen LogP contribution is 2.32. The number of nitrogens with zero attached hydrogens (tertiary/aromatic N) is 2. The Morgan fingerprint density at radius 1 is 1.11 bits per heavy atom.